The van der Waals surface area contributed by atoms with Crippen molar-refractivity contribution in [2.24, 2.45) is 7.05 Å². The Balaban J connectivity index is 3.40. The minimum atomic E-state index is -0.497. The molecule has 5 nitrogen and oxygen atoms in total. The number of aryl methyl sites for hydroxylation is 1. The van der Waals surface area contributed by atoms with E-state index in [9.17, 15) is 9.59 Å². The highest BCUT2D eigenvalue weighted by Crippen LogP contribution is 1.88. The van der Waals surface area contributed by atoms with Crippen LogP contribution in [0, 0.1) is 0 Å². The van der Waals surface area contributed by atoms with Gasteiger partial charge >= 0.3 is 5.69 Å². The maximum absolute atomic E-state index is 11.4. The summed E-state index contributed by atoms with van der Waals surface area (Å²) in [4.78, 5) is 22.8. The summed E-state index contributed by atoms with van der Waals surface area (Å²) in [6.07, 6.45) is 2.79. The number of allylic oxidation sites excluding steroid dienone is 1. The summed E-state index contributed by atoms with van der Waals surface area (Å²) in [6.45, 7) is 0.125. The second kappa shape index (κ2) is 4.15. The Bertz CT molecular complexity index is 438. The van der Waals surface area contributed by atoms with Crippen molar-refractivity contribution in [3.63, 3.8) is 0 Å². The van der Waals surface area contributed by atoms with Crippen LogP contribution in [-0.4, -0.2) is 9.13 Å². The molecule has 0 bridgehead atoms. The van der Waals surface area contributed by atoms with Crippen LogP contribution in [-0.2, 0) is 13.6 Å². The first kappa shape index (κ1) is 10.6. The van der Waals surface area contributed by atoms with Crippen LogP contribution >= 0.6 is 11.6 Å². The molecule has 0 saturated carbocycles. The smallest absolute Gasteiger partial charge is 0.331 e. The summed E-state index contributed by atoms with van der Waals surface area (Å²) in [5.74, 6) is 0. The van der Waals surface area contributed by atoms with E-state index in [2.05, 4.69) is 0 Å². The van der Waals surface area contributed by atoms with Crippen molar-refractivity contribution < 1.29 is 0 Å². The molecule has 6 heteroatoms. The molecule has 14 heavy (non-hydrogen) atoms. The third-order valence-electron chi connectivity index (χ3n) is 1.73. The molecule has 0 aliphatic rings. The summed E-state index contributed by atoms with van der Waals surface area (Å²) in [7, 11) is 1.53. The van der Waals surface area contributed by atoms with Crippen LogP contribution in [0.3, 0.4) is 0 Å². The summed E-state index contributed by atoms with van der Waals surface area (Å²) in [6, 6.07) is 0. The number of hydrogen-bond donors (Lipinski definition) is 1. The van der Waals surface area contributed by atoms with Gasteiger partial charge in [0.15, 0.2) is 0 Å². The fourth-order valence-corrected chi connectivity index (χ4v) is 1.14. The lowest BCUT2D eigenvalue weighted by molar-refractivity contribution is 0.652. The minimum Gasteiger partial charge on any atom is -0.393 e. The van der Waals surface area contributed by atoms with Gasteiger partial charge in [-0.05, 0) is 0 Å². The van der Waals surface area contributed by atoms with Crippen molar-refractivity contribution in [2.75, 3.05) is 5.73 Å². The molecule has 1 rings (SSSR count). The molecule has 0 fully saturated rings. The molecule has 1 heterocycles. The number of anilines is 1. The molecule has 0 aromatic carbocycles. The zero-order valence-electron chi connectivity index (χ0n) is 7.61. The fraction of sp³-hybridized carbons (Fsp3) is 0.250. The van der Waals surface area contributed by atoms with E-state index < -0.39 is 11.2 Å². The highest BCUT2D eigenvalue weighted by atomic mass is 35.5. The molecule has 0 aliphatic carbocycles. The van der Waals surface area contributed by atoms with E-state index in [1.807, 2.05) is 0 Å². The van der Waals surface area contributed by atoms with E-state index in [-0.39, 0.29) is 12.2 Å². The normalized spacial score (nSPS) is 11.0. The molecule has 1 aromatic rings. The maximum Gasteiger partial charge on any atom is 0.331 e. The van der Waals surface area contributed by atoms with Crippen LogP contribution < -0.4 is 17.0 Å². The van der Waals surface area contributed by atoms with Gasteiger partial charge in [0, 0.05) is 25.3 Å². The number of hydrogen-bond acceptors (Lipinski definition) is 3. The summed E-state index contributed by atoms with van der Waals surface area (Å²) in [5.41, 5.74) is 5.78. The SMILES string of the molecule is Cn1cc(N)c(=O)n(C/C=C/Cl)c1=O. The third kappa shape index (κ3) is 1.88. The van der Waals surface area contributed by atoms with Gasteiger partial charge in [-0.2, -0.15) is 0 Å². The van der Waals surface area contributed by atoms with E-state index >= 15 is 0 Å². The average molecular weight is 216 g/mol. The second-order valence-corrected chi connectivity index (χ2v) is 3.01. The van der Waals surface area contributed by atoms with E-state index in [0.717, 1.165) is 4.57 Å². The van der Waals surface area contributed by atoms with E-state index in [0.29, 0.717) is 0 Å². The molecular formula is C8H10ClN3O2. The van der Waals surface area contributed by atoms with Crippen LogP contribution in [0.15, 0.2) is 27.4 Å². The zero-order chi connectivity index (χ0) is 10.7. The number of nitrogen functional groups attached to an aromatic ring is 1. The lowest BCUT2D eigenvalue weighted by atomic mass is 10.5. The van der Waals surface area contributed by atoms with Crippen LogP contribution in [0.5, 0.6) is 0 Å². The molecule has 0 atom stereocenters. The van der Waals surface area contributed by atoms with Crippen LogP contribution in [0.2, 0.25) is 0 Å². The molecule has 0 amide bonds. The Kier molecular flexibility index (Phi) is 3.14. The molecule has 0 spiro atoms. The first-order valence-corrected chi connectivity index (χ1v) is 4.32. The Hall–Kier alpha value is -1.49. The molecule has 0 radical (unpaired) electrons. The van der Waals surface area contributed by atoms with Crippen molar-refractivity contribution in [3.8, 4) is 0 Å². The van der Waals surface area contributed by atoms with Gasteiger partial charge in [-0.15, -0.1) is 0 Å². The van der Waals surface area contributed by atoms with E-state index in [4.69, 9.17) is 17.3 Å². The Morgan fingerprint density at radius 1 is 1.57 bits per heavy atom. The standard InChI is InChI=1S/C8H10ClN3O2/c1-11-5-6(10)7(13)12(8(11)14)4-2-3-9/h2-3,5H,4,10H2,1H3/b3-2+. The van der Waals surface area contributed by atoms with Gasteiger partial charge in [0.1, 0.15) is 5.69 Å². The molecule has 2 N–H and O–H groups in total. The van der Waals surface area contributed by atoms with Crippen molar-refractivity contribution in [2.45, 2.75) is 6.54 Å². The summed E-state index contributed by atoms with van der Waals surface area (Å²) >= 11 is 5.30. The maximum atomic E-state index is 11.4. The van der Waals surface area contributed by atoms with Crippen LogP contribution in [0.4, 0.5) is 5.69 Å². The lowest BCUT2D eigenvalue weighted by Crippen LogP contribution is -2.39. The monoisotopic (exact) mass is 215 g/mol. The molecule has 1 aromatic heterocycles. The van der Waals surface area contributed by atoms with Crippen molar-refractivity contribution in [3.05, 3.63) is 38.6 Å². The molecule has 76 valence electrons. The van der Waals surface area contributed by atoms with E-state index in [1.165, 1.54) is 29.4 Å². The highest BCUT2D eigenvalue weighted by Gasteiger charge is 2.04. The topological polar surface area (TPSA) is 70.0 Å². The molecule has 0 saturated heterocycles. The lowest BCUT2D eigenvalue weighted by Gasteiger charge is -2.05. The highest BCUT2D eigenvalue weighted by molar-refractivity contribution is 6.25. The van der Waals surface area contributed by atoms with Crippen molar-refractivity contribution in [1.29, 1.82) is 0 Å². The summed E-state index contributed by atoms with van der Waals surface area (Å²) in [5, 5.41) is 0. The van der Waals surface area contributed by atoms with Gasteiger partial charge in [-0.1, -0.05) is 17.7 Å². The van der Waals surface area contributed by atoms with Gasteiger partial charge in [0.2, 0.25) is 0 Å². The van der Waals surface area contributed by atoms with Crippen molar-refractivity contribution >= 4 is 17.3 Å². The number of rotatable bonds is 2. The quantitative estimate of drug-likeness (QED) is 0.748. The van der Waals surface area contributed by atoms with Gasteiger partial charge in [0.25, 0.3) is 5.56 Å². The van der Waals surface area contributed by atoms with Crippen LogP contribution in [0.25, 0.3) is 0 Å². The predicted molar refractivity (Wildman–Crippen MR) is 55.3 cm³/mol. The fourth-order valence-electron chi connectivity index (χ4n) is 1.06. The minimum absolute atomic E-state index is 0.0371. The van der Waals surface area contributed by atoms with Gasteiger partial charge < -0.3 is 10.3 Å². The molecule has 0 unspecified atom stereocenters. The van der Waals surface area contributed by atoms with Crippen molar-refractivity contribution in [1.82, 2.24) is 9.13 Å². The average Bonchev–Trinajstić information content (AvgIpc) is 2.15. The zero-order valence-corrected chi connectivity index (χ0v) is 8.36. The largest absolute Gasteiger partial charge is 0.393 e. The first-order valence-electron chi connectivity index (χ1n) is 3.89. The van der Waals surface area contributed by atoms with E-state index in [1.54, 1.807) is 0 Å². The predicted octanol–water partition coefficient (Wildman–Crippen LogP) is -0.118. The summed E-state index contributed by atoms with van der Waals surface area (Å²) < 4.78 is 2.26. The number of aromatic nitrogens is 2. The Morgan fingerprint density at radius 3 is 2.79 bits per heavy atom. The Labute approximate surface area is 85.0 Å². The number of nitrogens with zero attached hydrogens (tertiary/aromatic N) is 2. The number of nitrogens with two attached hydrogens (primary N) is 1. The Morgan fingerprint density at radius 2 is 2.21 bits per heavy atom. The first-order chi connectivity index (χ1) is 6.57. The molecular weight excluding hydrogens is 206 g/mol. The van der Waals surface area contributed by atoms with Crippen LogP contribution in [0.1, 0.15) is 0 Å². The van der Waals surface area contributed by atoms with Gasteiger partial charge in [0.05, 0.1) is 0 Å². The number of halogens is 1. The second-order valence-electron chi connectivity index (χ2n) is 2.76. The van der Waals surface area contributed by atoms with Gasteiger partial charge in [-0.25, -0.2) is 4.79 Å². The third-order valence-corrected chi connectivity index (χ3v) is 1.91. The van der Waals surface area contributed by atoms with Gasteiger partial charge in [-0.3, -0.25) is 9.36 Å². The molecule has 0 aliphatic heterocycles.